The lowest BCUT2D eigenvalue weighted by Gasteiger charge is -2.23. The highest BCUT2D eigenvalue weighted by Crippen LogP contribution is 2.20. The second-order valence-electron chi connectivity index (χ2n) is 5.83. The van der Waals surface area contributed by atoms with Crippen LogP contribution in [0.2, 0.25) is 0 Å². The summed E-state index contributed by atoms with van der Waals surface area (Å²) < 4.78 is 5.39. The molecule has 0 spiro atoms. The van der Waals surface area contributed by atoms with E-state index in [-0.39, 0.29) is 5.60 Å². The molecule has 0 aromatic rings. The van der Waals surface area contributed by atoms with E-state index in [0.29, 0.717) is 5.92 Å². The lowest BCUT2D eigenvalue weighted by molar-refractivity contribution is -0.131. The molecule has 0 aromatic carbocycles. The van der Waals surface area contributed by atoms with E-state index in [1.807, 2.05) is 6.08 Å². The largest absolute Gasteiger partial charge is 0.478 e. The summed E-state index contributed by atoms with van der Waals surface area (Å²) >= 11 is 0. The molecule has 110 valence electrons. The van der Waals surface area contributed by atoms with Gasteiger partial charge in [0.05, 0.1) is 5.60 Å². The van der Waals surface area contributed by atoms with Crippen molar-refractivity contribution in [3.8, 4) is 0 Å². The zero-order valence-corrected chi connectivity index (χ0v) is 12.9. The summed E-state index contributed by atoms with van der Waals surface area (Å²) in [5, 5.41) is 8.59. The van der Waals surface area contributed by atoms with Crippen molar-refractivity contribution < 1.29 is 14.6 Å². The first-order valence-corrected chi connectivity index (χ1v) is 6.90. The summed E-state index contributed by atoms with van der Waals surface area (Å²) in [5.74, 6) is -0.279. The lowest BCUT2D eigenvalue weighted by atomic mass is 9.95. The monoisotopic (exact) mass is 268 g/mol. The Hall–Kier alpha value is -1.09. The summed E-state index contributed by atoms with van der Waals surface area (Å²) in [5.41, 5.74) is 0.747. The summed E-state index contributed by atoms with van der Waals surface area (Å²) in [4.78, 5) is 10.4. The minimum atomic E-state index is -0.892. The third kappa shape index (κ3) is 10.5. The zero-order chi connectivity index (χ0) is 14.9. The molecule has 0 aliphatic rings. The SMILES string of the molecule is COC(C)(C)CCC[C@H](C)C/C=C\C(C)=C/C(=O)O. The molecule has 0 rings (SSSR count). The minimum Gasteiger partial charge on any atom is -0.478 e. The summed E-state index contributed by atoms with van der Waals surface area (Å²) in [6, 6.07) is 0. The van der Waals surface area contributed by atoms with E-state index in [1.165, 1.54) is 12.5 Å². The van der Waals surface area contributed by atoms with Gasteiger partial charge < -0.3 is 9.84 Å². The van der Waals surface area contributed by atoms with Gasteiger partial charge in [0.1, 0.15) is 0 Å². The Balaban J connectivity index is 3.91. The van der Waals surface area contributed by atoms with Gasteiger partial charge in [-0.25, -0.2) is 4.79 Å². The molecule has 1 atom stereocenters. The number of hydrogen-bond donors (Lipinski definition) is 1. The maximum atomic E-state index is 10.4. The fourth-order valence-electron chi connectivity index (χ4n) is 1.83. The van der Waals surface area contributed by atoms with Crippen molar-refractivity contribution in [3.05, 3.63) is 23.8 Å². The number of allylic oxidation sites excluding steroid dienone is 3. The first-order chi connectivity index (χ1) is 8.76. The van der Waals surface area contributed by atoms with Gasteiger partial charge in [-0.3, -0.25) is 0 Å². The van der Waals surface area contributed by atoms with Crippen LogP contribution >= 0.6 is 0 Å². The van der Waals surface area contributed by atoms with Crippen LogP contribution in [-0.2, 0) is 9.53 Å². The van der Waals surface area contributed by atoms with Crippen LogP contribution in [0.5, 0.6) is 0 Å². The predicted molar refractivity (Wildman–Crippen MR) is 79.3 cm³/mol. The third-order valence-electron chi connectivity index (χ3n) is 3.30. The molecule has 0 aromatic heterocycles. The predicted octanol–water partition coefficient (Wildman–Crippen LogP) is 4.20. The van der Waals surface area contributed by atoms with Crippen LogP contribution in [0.3, 0.4) is 0 Å². The fraction of sp³-hybridized carbons (Fsp3) is 0.688. The molecule has 1 N–H and O–H groups in total. The number of aliphatic carboxylic acids is 1. The van der Waals surface area contributed by atoms with Gasteiger partial charge in [0, 0.05) is 13.2 Å². The first-order valence-electron chi connectivity index (χ1n) is 6.90. The fourth-order valence-corrected chi connectivity index (χ4v) is 1.83. The quantitative estimate of drug-likeness (QED) is 0.503. The molecule has 0 aliphatic carbocycles. The smallest absolute Gasteiger partial charge is 0.328 e. The highest BCUT2D eigenvalue weighted by Gasteiger charge is 2.15. The number of carboxylic acid groups (broad SMARTS) is 1. The van der Waals surface area contributed by atoms with Crippen LogP contribution in [0.4, 0.5) is 0 Å². The van der Waals surface area contributed by atoms with Crippen molar-refractivity contribution in [1.82, 2.24) is 0 Å². The van der Waals surface area contributed by atoms with Crippen molar-refractivity contribution >= 4 is 5.97 Å². The Morgan fingerprint density at radius 3 is 2.58 bits per heavy atom. The van der Waals surface area contributed by atoms with E-state index in [1.54, 1.807) is 14.0 Å². The Morgan fingerprint density at radius 2 is 2.05 bits per heavy atom. The van der Waals surface area contributed by atoms with Gasteiger partial charge in [0.15, 0.2) is 0 Å². The number of hydrogen-bond acceptors (Lipinski definition) is 2. The van der Waals surface area contributed by atoms with Crippen molar-refractivity contribution in [3.63, 3.8) is 0 Å². The van der Waals surface area contributed by atoms with Crippen LogP contribution in [0.25, 0.3) is 0 Å². The topological polar surface area (TPSA) is 46.5 Å². The van der Waals surface area contributed by atoms with Crippen molar-refractivity contribution in [2.75, 3.05) is 7.11 Å². The summed E-state index contributed by atoms with van der Waals surface area (Å²) in [6.45, 7) is 8.24. The molecule has 19 heavy (non-hydrogen) atoms. The van der Waals surface area contributed by atoms with Crippen molar-refractivity contribution in [2.24, 2.45) is 5.92 Å². The van der Waals surface area contributed by atoms with E-state index >= 15 is 0 Å². The molecule has 0 aliphatic heterocycles. The number of methoxy groups -OCH3 is 1. The molecule has 0 fully saturated rings. The molecule has 3 nitrogen and oxygen atoms in total. The molecule has 3 heteroatoms. The molecule has 0 radical (unpaired) electrons. The maximum Gasteiger partial charge on any atom is 0.328 e. The van der Waals surface area contributed by atoms with Crippen LogP contribution in [0.15, 0.2) is 23.8 Å². The van der Waals surface area contributed by atoms with Gasteiger partial charge in [-0.1, -0.05) is 31.9 Å². The van der Waals surface area contributed by atoms with Gasteiger partial charge >= 0.3 is 5.97 Å². The van der Waals surface area contributed by atoms with Gasteiger partial charge in [-0.2, -0.15) is 0 Å². The second kappa shape index (κ2) is 8.92. The zero-order valence-electron chi connectivity index (χ0n) is 12.9. The average Bonchev–Trinajstić information content (AvgIpc) is 2.27. The van der Waals surface area contributed by atoms with Crippen LogP contribution < -0.4 is 0 Å². The Labute approximate surface area is 117 Å². The molecule has 0 saturated carbocycles. The number of ether oxygens (including phenoxy) is 1. The molecular formula is C16H28O3. The summed E-state index contributed by atoms with van der Waals surface area (Å²) in [6.07, 6.45) is 9.53. The molecular weight excluding hydrogens is 240 g/mol. The van der Waals surface area contributed by atoms with Gasteiger partial charge in [-0.05, 0) is 45.1 Å². The highest BCUT2D eigenvalue weighted by atomic mass is 16.5. The van der Waals surface area contributed by atoms with E-state index in [4.69, 9.17) is 9.84 Å². The van der Waals surface area contributed by atoms with Crippen molar-refractivity contribution in [2.45, 2.75) is 59.0 Å². The van der Waals surface area contributed by atoms with Gasteiger partial charge in [-0.15, -0.1) is 0 Å². The number of rotatable bonds is 9. The van der Waals surface area contributed by atoms with Gasteiger partial charge in [0.25, 0.3) is 0 Å². The lowest BCUT2D eigenvalue weighted by Crippen LogP contribution is -2.22. The van der Waals surface area contributed by atoms with Gasteiger partial charge in [0.2, 0.25) is 0 Å². The Morgan fingerprint density at radius 1 is 1.42 bits per heavy atom. The van der Waals surface area contributed by atoms with E-state index in [0.717, 1.165) is 24.8 Å². The van der Waals surface area contributed by atoms with E-state index in [2.05, 4.69) is 26.8 Å². The van der Waals surface area contributed by atoms with E-state index < -0.39 is 5.97 Å². The minimum absolute atomic E-state index is 0.0314. The van der Waals surface area contributed by atoms with Crippen LogP contribution in [0, 0.1) is 5.92 Å². The summed E-state index contributed by atoms with van der Waals surface area (Å²) in [7, 11) is 1.75. The second-order valence-corrected chi connectivity index (χ2v) is 5.83. The van der Waals surface area contributed by atoms with Crippen molar-refractivity contribution in [1.29, 1.82) is 0 Å². The highest BCUT2D eigenvalue weighted by molar-refractivity contribution is 5.81. The standard InChI is InChI=1S/C16H28O3/c1-13(10-7-11-16(3,4)19-5)8-6-9-14(2)12-15(17)18/h6,9,12-13H,7-8,10-11H2,1-5H3,(H,17,18)/b9-6-,14-12-/t13-/m1/s1. The molecule has 0 amide bonds. The van der Waals surface area contributed by atoms with Crippen LogP contribution in [0.1, 0.15) is 53.4 Å². The molecule has 0 unspecified atom stereocenters. The Bertz CT molecular complexity index is 327. The molecule has 0 saturated heterocycles. The normalized spacial score (nSPS) is 14.9. The number of carbonyl (C=O) groups is 1. The molecule has 0 heterocycles. The number of carboxylic acids is 1. The third-order valence-corrected chi connectivity index (χ3v) is 3.30. The van der Waals surface area contributed by atoms with E-state index in [9.17, 15) is 4.79 Å². The average molecular weight is 268 g/mol. The molecule has 0 bridgehead atoms. The maximum absolute atomic E-state index is 10.4. The first kappa shape index (κ1) is 17.9. The Kier molecular flexibility index (Phi) is 8.41. The van der Waals surface area contributed by atoms with Crippen LogP contribution in [-0.4, -0.2) is 23.8 Å².